The van der Waals surface area contributed by atoms with Crippen LogP contribution in [0.25, 0.3) is 0 Å². The van der Waals surface area contributed by atoms with Crippen LogP contribution in [0.3, 0.4) is 0 Å². The Morgan fingerprint density at radius 2 is 1.94 bits per heavy atom. The highest BCUT2D eigenvalue weighted by atomic mass is 14.9. The number of nitrogens with one attached hydrogen (secondary N) is 1. The lowest BCUT2D eigenvalue weighted by Gasteiger charge is -2.23. The minimum absolute atomic E-state index is 0.440. The van der Waals surface area contributed by atoms with Crippen molar-refractivity contribution in [2.45, 2.75) is 77.7 Å². The molecule has 0 saturated heterocycles. The number of nitrogens with two attached hydrogens (primary N) is 1. The Morgan fingerprint density at radius 1 is 1.17 bits per heavy atom. The van der Waals surface area contributed by atoms with E-state index in [1.807, 2.05) is 0 Å². The summed E-state index contributed by atoms with van der Waals surface area (Å²) in [5.74, 6) is 1.59. The lowest BCUT2D eigenvalue weighted by molar-refractivity contribution is 0.347. The van der Waals surface area contributed by atoms with Gasteiger partial charge in [0.2, 0.25) is 0 Å². The predicted molar refractivity (Wildman–Crippen MR) is 80.7 cm³/mol. The SMILES string of the molecule is CCCCC(CC)CNCC1CCCCCC1N. The van der Waals surface area contributed by atoms with Crippen molar-refractivity contribution < 1.29 is 0 Å². The highest BCUT2D eigenvalue weighted by Crippen LogP contribution is 2.21. The van der Waals surface area contributed by atoms with Crippen molar-refractivity contribution in [3.63, 3.8) is 0 Å². The van der Waals surface area contributed by atoms with E-state index in [2.05, 4.69) is 19.2 Å². The second-order valence-corrected chi connectivity index (χ2v) is 6.14. The van der Waals surface area contributed by atoms with Gasteiger partial charge < -0.3 is 11.1 Å². The molecule has 0 heterocycles. The fraction of sp³-hybridized carbons (Fsp3) is 1.00. The molecule has 2 nitrogen and oxygen atoms in total. The predicted octanol–water partition coefficient (Wildman–Crippen LogP) is 3.70. The molecule has 1 aliphatic rings. The van der Waals surface area contributed by atoms with Gasteiger partial charge in [0.1, 0.15) is 0 Å². The maximum Gasteiger partial charge on any atom is 0.00792 e. The second kappa shape index (κ2) is 9.80. The van der Waals surface area contributed by atoms with E-state index < -0.39 is 0 Å². The first-order chi connectivity index (χ1) is 8.77. The van der Waals surface area contributed by atoms with Crippen LogP contribution in [0.2, 0.25) is 0 Å². The summed E-state index contributed by atoms with van der Waals surface area (Å²) in [7, 11) is 0. The van der Waals surface area contributed by atoms with E-state index in [-0.39, 0.29) is 0 Å². The number of hydrogen-bond acceptors (Lipinski definition) is 2. The van der Waals surface area contributed by atoms with Crippen LogP contribution in [0.4, 0.5) is 0 Å². The summed E-state index contributed by atoms with van der Waals surface area (Å²) in [6, 6.07) is 0.440. The zero-order chi connectivity index (χ0) is 13.2. The van der Waals surface area contributed by atoms with Crippen molar-refractivity contribution in [3.8, 4) is 0 Å². The van der Waals surface area contributed by atoms with Gasteiger partial charge in [0.25, 0.3) is 0 Å². The maximum atomic E-state index is 6.27. The Morgan fingerprint density at radius 3 is 2.67 bits per heavy atom. The largest absolute Gasteiger partial charge is 0.327 e. The van der Waals surface area contributed by atoms with Crippen molar-refractivity contribution in [2.24, 2.45) is 17.6 Å². The van der Waals surface area contributed by atoms with E-state index in [1.54, 1.807) is 0 Å². The van der Waals surface area contributed by atoms with Gasteiger partial charge in [-0.3, -0.25) is 0 Å². The monoisotopic (exact) mass is 254 g/mol. The van der Waals surface area contributed by atoms with Gasteiger partial charge in [-0.1, -0.05) is 52.4 Å². The normalized spacial score (nSPS) is 26.8. The van der Waals surface area contributed by atoms with E-state index in [9.17, 15) is 0 Å². The average molecular weight is 254 g/mol. The summed E-state index contributed by atoms with van der Waals surface area (Å²) in [4.78, 5) is 0. The number of unbranched alkanes of at least 4 members (excludes halogenated alkanes) is 1. The highest BCUT2D eigenvalue weighted by molar-refractivity contribution is 4.78. The zero-order valence-corrected chi connectivity index (χ0v) is 12.6. The van der Waals surface area contributed by atoms with Crippen LogP contribution < -0.4 is 11.1 Å². The molecular weight excluding hydrogens is 220 g/mol. The molecule has 0 aromatic rings. The van der Waals surface area contributed by atoms with Crippen LogP contribution in [0.5, 0.6) is 0 Å². The van der Waals surface area contributed by atoms with E-state index in [0.29, 0.717) is 6.04 Å². The lowest BCUT2D eigenvalue weighted by Crippen LogP contribution is -2.37. The van der Waals surface area contributed by atoms with Gasteiger partial charge >= 0.3 is 0 Å². The van der Waals surface area contributed by atoms with Crippen molar-refractivity contribution in [3.05, 3.63) is 0 Å². The lowest BCUT2D eigenvalue weighted by atomic mass is 9.94. The Hall–Kier alpha value is -0.0800. The molecule has 0 spiro atoms. The average Bonchev–Trinajstić information content (AvgIpc) is 2.59. The molecule has 0 amide bonds. The third-order valence-corrected chi connectivity index (χ3v) is 4.60. The Balaban J connectivity index is 2.17. The summed E-state index contributed by atoms with van der Waals surface area (Å²) in [6.45, 7) is 6.94. The Kier molecular flexibility index (Phi) is 8.70. The fourth-order valence-electron chi connectivity index (χ4n) is 3.08. The zero-order valence-electron chi connectivity index (χ0n) is 12.6. The van der Waals surface area contributed by atoms with Crippen LogP contribution >= 0.6 is 0 Å². The molecule has 2 heteroatoms. The molecule has 0 aliphatic heterocycles. The molecule has 18 heavy (non-hydrogen) atoms. The first-order valence-electron chi connectivity index (χ1n) is 8.24. The summed E-state index contributed by atoms with van der Waals surface area (Å²) in [6.07, 6.45) is 12.1. The van der Waals surface area contributed by atoms with Crippen LogP contribution in [0, 0.1) is 11.8 Å². The minimum atomic E-state index is 0.440. The molecule has 3 atom stereocenters. The quantitative estimate of drug-likeness (QED) is 0.648. The van der Waals surface area contributed by atoms with Gasteiger partial charge in [-0.05, 0) is 44.2 Å². The van der Waals surface area contributed by atoms with Crippen molar-refractivity contribution in [1.82, 2.24) is 5.32 Å². The number of hydrogen-bond donors (Lipinski definition) is 2. The molecule has 0 aromatic carbocycles. The van der Waals surface area contributed by atoms with Crippen molar-refractivity contribution in [2.75, 3.05) is 13.1 Å². The first kappa shape index (κ1) is 16.0. The summed E-state index contributed by atoms with van der Waals surface area (Å²) < 4.78 is 0. The van der Waals surface area contributed by atoms with Crippen LogP contribution in [-0.2, 0) is 0 Å². The molecule has 1 saturated carbocycles. The smallest absolute Gasteiger partial charge is 0.00792 e. The molecule has 108 valence electrons. The summed E-state index contributed by atoms with van der Waals surface area (Å²) in [5, 5.41) is 3.69. The van der Waals surface area contributed by atoms with Crippen LogP contribution in [0.1, 0.15) is 71.6 Å². The molecule has 3 unspecified atom stereocenters. The van der Waals surface area contributed by atoms with Crippen molar-refractivity contribution >= 4 is 0 Å². The molecule has 0 radical (unpaired) electrons. The minimum Gasteiger partial charge on any atom is -0.327 e. The fourth-order valence-corrected chi connectivity index (χ4v) is 3.08. The molecule has 0 aromatic heterocycles. The molecule has 1 rings (SSSR count). The topological polar surface area (TPSA) is 38.0 Å². The molecular formula is C16H34N2. The third kappa shape index (κ3) is 6.19. The van der Waals surface area contributed by atoms with Crippen LogP contribution in [0.15, 0.2) is 0 Å². The summed E-state index contributed by atoms with van der Waals surface area (Å²) in [5.41, 5.74) is 6.27. The standard InChI is InChI=1S/C16H34N2/c1-3-5-9-14(4-2)12-18-13-15-10-7-6-8-11-16(15)17/h14-16,18H,3-13,17H2,1-2H3. The molecule has 3 N–H and O–H groups in total. The Bertz CT molecular complexity index is 194. The van der Waals surface area contributed by atoms with Gasteiger partial charge in [-0.25, -0.2) is 0 Å². The van der Waals surface area contributed by atoms with Gasteiger partial charge in [-0.15, -0.1) is 0 Å². The van der Waals surface area contributed by atoms with E-state index in [1.165, 1.54) is 64.3 Å². The van der Waals surface area contributed by atoms with E-state index in [4.69, 9.17) is 5.73 Å². The van der Waals surface area contributed by atoms with Gasteiger partial charge in [0.05, 0.1) is 0 Å². The first-order valence-corrected chi connectivity index (χ1v) is 8.24. The van der Waals surface area contributed by atoms with E-state index >= 15 is 0 Å². The summed E-state index contributed by atoms with van der Waals surface area (Å²) >= 11 is 0. The van der Waals surface area contributed by atoms with Gasteiger partial charge in [0.15, 0.2) is 0 Å². The highest BCUT2D eigenvalue weighted by Gasteiger charge is 2.20. The van der Waals surface area contributed by atoms with Crippen molar-refractivity contribution in [1.29, 1.82) is 0 Å². The van der Waals surface area contributed by atoms with Crippen LogP contribution in [-0.4, -0.2) is 19.1 Å². The van der Waals surface area contributed by atoms with Gasteiger partial charge in [-0.2, -0.15) is 0 Å². The number of rotatable bonds is 8. The second-order valence-electron chi connectivity index (χ2n) is 6.14. The maximum absolute atomic E-state index is 6.27. The van der Waals surface area contributed by atoms with Gasteiger partial charge in [0, 0.05) is 6.04 Å². The molecule has 1 aliphatic carbocycles. The van der Waals surface area contributed by atoms with E-state index in [0.717, 1.165) is 18.4 Å². The third-order valence-electron chi connectivity index (χ3n) is 4.60. The molecule has 0 bridgehead atoms. The molecule has 1 fully saturated rings. The Labute approximate surface area is 114 Å².